The van der Waals surface area contributed by atoms with Crippen molar-refractivity contribution in [1.82, 2.24) is 5.16 Å². The van der Waals surface area contributed by atoms with Gasteiger partial charge in [0.25, 0.3) is 0 Å². The van der Waals surface area contributed by atoms with Gasteiger partial charge in [0.15, 0.2) is 5.76 Å². The van der Waals surface area contributed by atoms with Gasteiger partial charge in [0.2, 0.25) is 0 Å². The Balaban J connectivity index is 1.93. The number of hydrogen-bond donors (Lipinski definition) is 1. The van der Waals surface area contributed by atoms with Crippen LogP contribution in [0, 0.1) is 0 Å². The van der Waals surface area contributed by atoms with Gasteiger partial charge in [0.05, 0.1) is 0 Å². The summed E-state index contributed by atoms with van der Waals surface area (Å²) in [5.41, 5.74) is 0.681. The molecule has 17 heavy (non-hydrogen) atoms. The lowest BCUT2D eigenvalue weighted by Crippen LogP contribution is -1.95. The van der Waals surface area contributed by atoms with Gasteiger partial charge in [-0.1, -0.05) is 11.2 Å². The number of phenolic OH excluding ortho intramolecular Hbond substituents is 1. The molecule has 0 bridgehead atoms. The van der Waals surface area contributed by atoms with Gasteiger partial charge in [0, 0.05) is 19.2 Å². The zero-order valence-electron chi connectivity index (χ0n) is 9.42. The SMILES string of the molecule is COCc1cc(COc2cccc(O)c2)no1. The van der Waals surface area contributed by atoms with Crippen LogP contribution in [0.3, 0.4) is 0 Å². The molecule has 0 amide bonds. The van der Waals surface area contributed by atoms with Crippen LogP contribution in [0.1, 0.15) is 11.5 Å². The molecule has 2 rings (SSSR count). The molecule has 0 aliphatic rings. The summed E-state index contributed by atoms with van der Waals surface area (Å²) in [6.07, 6.45) is 0. The second kappa shape index (κ2) is 5.36. The zero-order chi connectivity index (χ0) is 12.1. The molecule has 0 atom stereocenters. The average Bonchev–Trinajstić information content (AvgIpc) is 2.75. The molecule has 0 saturated carbocycles. The van der Waals surface area contributed by atoms with Crippen molar-refractivity contribution in [3.8, 4) is 11.5 Å². The van der Waals surface area contributed by atoms with Crippen LogP contribution in [-0.2, 0) is 18.0 Å². The van der Waals surface area contributed by atoms with Gasteiger partial charge in [-0.25, -0.2) is 0 Å². The van der Waals surface area contributed by atoms with Crippen LogP contribution in [0.25, 0.3) is 0 Å². The fourth-order valence-electron chi connectivity index (χ4n) is 1.36. The van der Waals surface area contributed by atoms with E-state index in [2.05, 4.69) is 5.16 Å². The highest BCUT2D eigenvalue weighted by molar-refractivity contribution is 5.31. The number of aromatic hydroxyl groups is 1. The predicted octanol–water partition coefficient (Wildman–Crippen LogP) is 2.11. The summed E-state index contributed by atoms with van der Waals surface area (Å²) < 4.78 is 15.4. The molecule has 1 aromatic carbocycles. The molecule has 5 heteroatoms. The van der Waals surface area contributed by atoms with Crippen LogP contribution in [0.5, 0.6) is 11.5 Å². The van der Waals surface area contributed by atoms with E-state index in [0.29, 0.717) is 23.8 Å². The molecule has 0 unspecified atom stereocenters. The van der Waals surface area contributed by atoms with Crippen molar-refractivity contribution in [1.29, 1.82) is 0 Å². The third-order valence-electron chi connectivity index (χ3n) is 2.10. The molecule has 1 N–H and O–H groups in total. The first kappa shape index (κ1) is 11.5. The summed E-state index contributed by atoms with van der Waals surface area (Å²) in [5.74, 6) is 1.41. The Bertz CT molecular complexity index is 481. The third kappa shape index (κ3) is 3.22. The average molecular weight is 235 g/mol. The third-order valence-corrected chi connectivity index (χ3v) is 2.10. The second-order valence-corrected chi connectivity index (χ2v) is 3.50. The maximum atomic E-state index is 9.25. The molecule has 0 aliphatic heterocycles. The molecule has 5 nitrogen and oxygen atoms in total. The molecule has 0 fully saturated rings. The largest absolute Gasteiger partial charge is 0.508 e. The van der Waals surface area contributed by atoms with E-state index >= 15 is 0 Å². The van der Waals surface area contributed by atoms with E-state index in [-0.39, 0.29) is 12.4 Å². The van der Waals surface area contributed by atoms with E-state index in [4.69, 9.17) is 14.0 Å². The predicted molar refractivity (Wildman–Crippen MR) is 59.7 cm³/mol. The maximum Gasteiger partial charge on any atom is 0.162 e. The van der Waals surface area contributed by atoms with E-state index < -0.39 is 0 Å². The summed E-state index contributed by atoms with van der Waals surface area (Å²) in [7, 11) is 1.59. The van der Waals surface area contributed by atoms with E-state index in [0.717, 1.165) is 0 Å². The van der Waals surface area contributed by atoms with Crippen molar-refractivity contribution in [3.63, 3.8) is 0 Å². The first-order chi connectivity index (χ1) is 8.28. The van der Waals surface area contributed by atoms with Gasteiger partial charge in [-0.3, -0.25) is 0 Å². The van der Waals surface area contributed by atoms with Gasteiger partial charge in [-0.05, 0) is 12.1 Å². The summed E-state index contributed by atoms with van der Waals surface area (Å²) in [4.78, 5) is 0. The quantitative estimate of drug-likeness (QED) is 0.859. The summed E-state index contributed by atoms with van der Waals surface area (Å²) in [5, 5.41) is 13.1. The smallest absolute Gasteiger partial charge is 0.162 e. The first-order valence-corrected chi connectivity index (χ1v) is 5.13. The summed E-state index contributed by atoms with van der Waals surface area (Å²) in [6, 6.07) is 8.36. The van der Waals surface area contributed by atoms with Crippen LogP contribution in [0.4, 0.5) is 0 Å². The van der Waals surface area contributed by atoms with Gasteiger partial charge < -0.3 is 19.1 Å². The number of phenols is 1. The van der Waals surface area contributed by atoms with E-state index in [1.54, 1.807) is 31.4 Å². The topological polar surface area (TPSA) is 64.7 Å². The van der Waals surface area contributed by atoms with Gasteiger partial charge in [-0.15, -0.1) is 0 Å². The molecule has 2 aromatic rings. The Kier molecular flexibility index (Phi) is 3.62. The molecular formula is C12H13NO4. The Morgan fingerprint density at radius 2 is 2.18 bits per heavy atom. The molecule has 0 spiro atoms. The minimum Gasteiger partial charge on any atom is -0.508 e. The van der Waals surface area contributed by atoms with Crippen LogP contribution >= 0.6 is 0 Å². The van der Waals surface area contributed by atoms with Crippen molar-refractivity contribution < 1.29 is 19.1 Å². The van der Waals surface area contributed by atoms with Crippen molar-refractivity contribution in [2.24, 2.45) is 0 Å². The number of benzene rings is 1. The fraction of sp³-hybridized carbons (Fsp3) is 0.250. The number of aromatic nitrogens is 1. The fourth-order valence-corrected chi connectivity index (χ4v) is 1.36. The number of ether oxygens (including phenoxy) is 2. The lowest BCUT2D eigenvalue weighted by Gasteiger charge is -2.03. The number of methoxy groups -OCH3 is 1. The van der Waals surface area contributed by atoms with E-state index in [1.165, 1.54) is 6.07 Å². The monoisotopic (exact) mass is 235 g/mol. The van der Waals surface area contributed by atoms with Crippen LogP contribution in [0.2, 0.25) is 0 Å². The molecule has 0 radical (unpaired) electrons. The Labute approximate surface area is 98.6 Å². The van der Waals surface area contributed by atoms with Crippen molar-refractivity contribution in [2.75, 3.05) is 7.11 Å². The van der Waals surface area contributed by atoms with Crippen molar-refractivity contribution in [3.05, 3.63) is 41.8 Å². The summed E-state index contributed by atoms with van der Waals surface area (Å²) in [6.45, 7) is 0.676. The minimum absolute atomic E-state index is 0.169. The van der Waals surface area contributed by atoms with Crippen LogP contribution < -0.4 is 4.74 Å². The Morgan fingerprint density at radius 1 is 1.29 bits per heavy atom. The van der Waals surface area contributed by atoms with Crippen molar-refractivity contribution >= 4 is 0 Å². The van der Waals surface area contributed by atoms with Crippen LogP contribution in [0.15, 0.2) is 34.9 Å². The number of hydrogen-bond acceptors (Lipinski definition) is 5. The van der Waals surface area contributed by atoms with E-state index in [1.807, 2.05) is 0 Å². The second-order valence-electron chi connectivity index (χ2n) is 3.50. The summed E-state index contributed by atoms with van der Waals surface area (Å²) >= 11 is 0. The van der Waals surface area contributed by atoms with Gasteiger partial charge in [-0.2, -0.15) is 0 Å². The normalized spacial score (nSPS) is 10.4. The molecule has 0 aliphatic carbocycles. The Morgan fingerprint density at radius 3 is 2.94 bits per heavy atom. The lowest BCUT2D eigenvalue weighted by molar-refractivity contribution is 0.155. The van der Waals surface area contributed by atoms with Crippen molar-refractivity contribution in [2.45, 2.75) is 13.2 Å². The Hall–Kier alpha value is -2.01. The molecule has 1 aromatic heterocycles. The highest BCUT2D eigenvalue weighted by atomic mass is 16.5. The highest BCUT2D eigenvalue weighted by Gasteiger charge is 2.04. The molecule has 0 saturated heterocycles. The first-order valence-electron chi connectivity index (χ1n) is 5.13. The van der Waals surface area contributed by atoms with Gasteiger partial charge in [0.1, 0.15) is 30.4 Å². The maximum absolute atomic E-state index is 9.25. The molecule has 90 valence electrons. The highest BCUT2D eigenvalue weighted by Crippen LogP contribution is 2.18. The minimum atomic E-state index is 0.169. The van der Waals surface area contributed by atoms with Gasteiger partial charge >= 0.3 is 0 Å². The molecule has 1 heterocycles. The lowest BCUT2D eigenvalue weighted by atomic mass is 10.3. The standard InChI is InChI=1S/C12H13NO4/c1-15-8-12-5-9(13-17-12)7-16-11-4-2-3-10(14)6-11/h2-6,14H,7-8H2,1H3. The number of rotatable bonds is 5. The molecular weight excluding hydrogens is 222 g/mol. The zero-order valence-corrected chi connectivity index (χ0v) is 9.42. The number of nitrogens with zero attached hydrogens (tertiary/aromatic N) is 1. The van der Waals surface area contributed by atoms with Crippen LogP contribution in [-0.4, -0.2) is 17.4 Å². The van der Waals surface area contributed by atoms with E-state index in [9.17, 15) is 5.11 Å².